The van der Waals surface area contributed by atoms with Crippen LogP contribution in [0.4, 0.5) is 15.9 Å². The highest BCUT2D eigenvalue weighted by Gasteiger charge is 2.26. The van der Waals surface area contributed by atoms with Crippen LogP contribution in [0.1, 0.15) is 21.6 Å². The average molecular weight is 337 g/mol. The van der Waals surface area contributed by atoms with E-state index in [1.54, 1.807) is 23.1 Å². The topological polar surface area (TPSA) is 73.9 Å². The number of aromatic amines is 1. The monoisotopic (exact) mass is 337 g/mol. The summed E-state index contributed by atoms with van der Waals surface area (Å²) in [5, 5.41) is 13.2. The summed E-state index contributed by atoms with van der Waals surface area (Å²) in [4.78, 5) is 14.6. The molecule has 0 radical (unpaired) electrons. The molecule has 2 N–H and O–H groups in total. The van der Waals surface area contributed by atoms with E-state index in [1.807, 2.05) is 18.2 Å². The molecule has 1 aromatic heterocycles. The molecule has 0 bridgehead atoms. The van der Waals surface area contributed by atoms with E-state index in [0.29, 0.717) is 13.1 Å². The number of carbonyl (C=O) groups excluding carboxylic acids is 1. The van der Waals surface area contributed by atoms with Gasteiger partial charge in [-0.15, -0.1) is 10.2 Å². The Kier molecular flexibility index (Phi) is 3.89. The van der Waals surface area contributed by atoms with Gasteiger partial charge in [-0.2, -0.15) is 5.21 Å². The highest BCUT2D eigenvalue weighted by molar-refractivity contribution is 5.97. The van der Waals surface area contributed by atoms with Crippen LogP contribution in [0.25, 0.3) is 0 Å². The summed E-state index contributed by atoms with van der Waals surface area (Å²) in [5.41, 5.74) is 2.79. The Morgan fingerprint density at radius 3 is 2.68 bits per heavy atom. The van der Waals surface area contributed by atoms with Gasteiger partial charge in [0, 0.05) is 13.1 Å². The first-order valence-electron chi connectivity index (χ1n) is 8.01. The third kappa shape index (κ3) is 2.96. The van der Waals surface area contributed by atoms with Gasteiger partial charge >= 0.3 is 0 Å². The van der Waals surface area contributed by atoms with E-state index in [0.717, 1.165) is 12.0 Å². The normalized spacial score (nSPS) is 13.4. The van der Waals surface area contributed by atoms with Gasteiger partial charge in [0.25, 0.3) is 5.91 Å². The van der Waals surface area contributed by atoms with Gasteiger partial charge in [-0.25, -0.2) is 4.39 Å². The molecule has 1 aliphatic rings. The molecule has 0 aliphatic carbocycles. The lowest BCUT2D eigenvalue weighted by atomic mass is 10.00. The molecule has 1 amide bonds. The van der Waals surface area contributed by atoms with E-state index in [2.05, 4.69) is 26.8 Å². The van der Waals surface area contributed by atoms with Crippen molar-refractivity contribution in [2.45, 2.75) is 13.0 Å². The molecular formula is C18H16FN5O. The second-order valence-electron chi connectivity index (χ2n) is 5.87. The summed E-state index contributed by atoms with van der Waals surface area (Å²) < 4.78 is 13.8. The Balaban J connectivity index is 1.56. The van der Waals surface area contributed by atoms with Crippen molar-refractivity contribution in [3.8, 4) is 0 Å². The Morgan fingerprint density at radius 2 is 1.84 bits per heavy atom. The highest BCUT2D eigenvalue weighted by atomic mass is 19.1. The predicted molar refractivity (Wildman–Crippen MR) is 91.0 cm³/mol. The van der Waals surface area contributed by atoms with Gasteiger partial charge in [0.2, 0.25) is 0 Å². The molecule has 0 saturated heterocycles. The molecule has 0 unspecified atom stereocenters. The number of amides is 1. The number of nitrogens with zero attached hydrogens (tertiary/aromatic N) is 3. The molecule has 7 heteroatoms. The zero-order valence-corrected chi connectivity index (χ0v) is 13.4. The Hall–Kier alpha value is -3.22. The maximum atomic E-state index is 13.8. The number of aromatic nitrogens is 3. The van der Waals surface area contributed by atoms with Crippen molar-refractivity contribution in [3.05, 3.63) is 71.2 Å². The lowest BCUT2D eigenvalue weighted by Crippen LogP contribution is -2.36. The summed E-state index contributed by atoms with van der Waals surface area (Å²) in [6, 6.07) is 14.3. The minimum Gasteiger partial charge on any atom is -0.334 e. The third-order valence-corrected chi connectivity index (χ3v) is 4.30. The average Bonchev–Trinajstić information content (AvgIpc) is 3.11. The summed E-state index contributed by atoms with van der Waals surface area (Å²) in [6.07, 6.45) is 0.801. The molecule has 2 aromatic carbocycles. The smallest absolute Gasteiger partial charge is 0.278 e. The van der Waals surface area contributed by atoms with Gasteiger partial charge in [0.05, 0.1) is 5.69 Å². The van der Waals surface area contributed by atoms with E-state index in [-0.39, 0.29) is 23.1 Å². The molecule has 1 aliphatic heterocycles. The molecule has 0 saturated carbocycles. The van der Waals surface area contributed by atoms with Crippen LogP contribution < -0.4 is 5.32 Å². The van der Waals surface area contributed by atoms with Crippen LogP contribution in [0.5, 0.6) is 0 Å². The van der Waals surface area contributed by atoms with Crippen LogP contribution >= 0.6 is 0 Å². The summed E-state index contributed by atoms with van der Waals surface area (Å²) in [5.74, 6) is -0.438. The molecular weight excluding hydrogens is 321 g/mol. The van der Waals surface area contributed by atoms with Gasteiger partial charge in [-0.1, -0.05) is 36.4 Å². The van der Waals surface area contributed by atoms with Crippen molar-refractivity contribution in [2.24, 2.45) is 0 Å². The zero-order chi connectivity index (χ0) is 17.2. The Bertz CT molecular complexity index is 923. The zero-order valence-electron chi connectivity index (χ0n) is 13.4. The van der Waals surface area contributed by atoms with E-state index < -0.39 is 5.82 Å². The lowest BCUT2D eigenvalue weighted by Gasteiger charge is -2.28. The number of rotatable bonds is 3. The first kappa shape index (κ1) is 15.3. The quantitative estimate of drug-likeness (QED) is 0.771. The van der Waals surface area contributed by atoms with Crippen LogP contribution in [0.3, 0.4) is 0 Å². The molecule has 0 spiro atoms. The van der Waals surface area contributed by atoms with Gasteiger partial charge in [0.15, 0.2) is 11.5 Å². The molecule has 0 atom stereocenters. The lowest BCUT2D eigenvalue weighted by molar-refractivity contribution is 0.0729. The summed E-state index contributed by atoms with van der Waals surface area (Å²) in [7, 11) is 0. The number of hydrogen-bond acceptors (Lipinski definition) is 4. The van der Waals surface area contributed by atoms with Gasteiger partial charge in [0.1, 0.15) is 5.82 Å². The molecule has 3 aromatic rings. The molecule has 6 nitrogen and oxygen atoms in total. The Morgan fingerprint density at radius 1 is 1.08 bits per heavy atom. The second kappa shape index (κ2) is 6.35. The van der Waals surface area contributed by atoms with Crippen molar-refractivity contribution < 1.29 is 9.18 Å². The van der Waals surface area contributed by atoms with Gasteiger partial charge in [-0.05, 0) is 29.7 Å². The maximum Gasteiger partial charge on any atom is 0.278 e. The van der Waals surface area contributed by atoms with Gasteiger partial charge in [-0.3, -0.25) is 4.79 Å². The van der Waals surface area contributed by atoms with E-state index >= 15 is 0 Å². The largest absolute Gasteiger partial charge is 0.334 e. The number of para-hydroxylation sites is 1. The van der Waals surface area contributed by atoms with Crippen LogP contribution in [0, 0.1) is 5.82 Å². The van der Waals surface area contributed by atoms with Crippen molar-refractivity contribution in [3.63, 3.8) is 0 Å². The number of halogens is 1. The number of carbonyl (C=O) groups is 1. The number of H-pyrrole nitrogens is 1. The number of fused-ring (bicyclic) bond motifs is 1. The molecule has 25 heavy (non-hydrogen) atoms. The number of anilines is 2. The van der Waals surface area contributed by atoms with Crippen molar-refractivity contribution in [1.29, 1.82) is 0 Å². The van der Waals surface area contributed by atoms with Crippen LogP contribution in [-0.2, 0) is 13.0 Å². The van der Waals surface area contributed by atoms with E-state index in [4.69, 9.17) is 0 Å². The fraction of sp³-hybridized carbons (Fsp3) is 0.167. The fourth-order valence-corrected chi connectivity index (χ4v) is 2.98. The van der Waals surface area contributed by atoms with E-state index in [9.17, 15) is 9.18 Å². The predicted octanol–water partition coefficient (Wildman–Crippen LogP) is 2.89. The van der Waals surface area contributed by atoms with Gasteiger partial charge < -0.3 is 10.2 Å². The number of benzene rings is 2. The van der Waals surface area contributed by atoms with Crippen LogP contribution in [0.2, 0.25) is 0 Å². The fourth-order valence-electron chi connectivity index (χ4n) is 2.98. The molecule has 2 heterocycles. The minimum absolute atomic E-state index is 0.155. The molecule has 126 valence electrons. The highest BCUT2D eigenvalue weighted by Crippen LogP contribution is 2.23. The SMILES string of the molecule is O=C(c1n[nH]nc1Nc1ccccc1F)N1CCc2ccccc2C1. The number of nitrogens with one attached hydrogen (secondary N) is 2. The third-order valence-electron chi connectivity index (χ3n) is 4.30. The maximum absolute atomic E-state index is 13.8. The summed E-state index contributed by atoms with van der Waals surface area (Å²) in [6.45, 7) is 1.14. The first-order chi connectivity index (χ1) is 12.2. The Labute approximate surface area is 143 Å². The van der Waals surface area contributed by atoms with Crippen LogP contribution in [-0.4, -0.2) is 32.8 Å². The van der Waals surface area contributed by atoms with Crippen molar-refractivity contribution in [2.75, 3.05) is 11.9 Å². The van der Waals surface area contributed by atoms with E-state index in [1.165, 1.54) is 11.6 Å². The number of hydrogen-bond donors (Lipinski definition) is 2. The van der Waals surface area contributed by atoms with Crippen molar-refractivity contribution in [1.82, 2.24) is 20.3 Å². The van der Waals surface area contributed by atoms with Crippen LogP contribution in [0.15, 0.2) is 48.5 Å². The standard InChI is InChI=1S/C18H16FN5O/c19-14-7-3-4-8-15(14)20-17-16(21-23-22-17)18(25)24-10-9-12-5-1-2-6-13(12)11-24/h1-8H,9-11H2,(H2,20,21,22,23). The molecule has 0 fully saturated rings. The second-order valence-corrected chi connectivity index (χ2v) is 5.87. The van der Waals surface area contributed by atoms with Crippen molar-refractivity contribution >= 4 is 17.4 Å². The first-order valence-corrected chi connectivity index (χ1v) is 8.01. The summed E-state index contributed by atoms with van der Waals surface area (Å²) >= 11 is 0. The molecule has 4 rings (SSSR count). The minimum atomic E-state index is -0.421.